The van der Waals surface area contributed by atoms with Gasteiger partial charge in [-0.3, -0.25) is 0 Å². The molecule has 4 heteroatoms. The molecule has 114 valence electrons. The quantitative estimate of drug-likeness (QED) is 0.687. The Balaban J connectivity index is 2.09. The van der Waals surface area contributed by atoms with Crippen molar-refractivity contribution < 1.29 is 9.47 Å². The fourth-order valence-electron chi connectivity index (χ4n) is 2.20. The van der Waals surface area contributed by atoms with Crippen molar-refractivity contribution in [2.45, 2.75) is 20.0 Å². The maximum atomic E-state index is 8.69. The maximum absolute atomic E-state index is 8.69. The molecule has 2 aromatic carbocycles. The molecule has 0 saturated heterocycles. The van der Waals surface area contributed by atoms with E-state index in [1.54, 1.807) is 0 Å². The Morgan fingerprint density at radius 1 is 1.14 bits per heavy atom. The van der Waals surface area contributed by atoms with E-state index in [-0.39, 0.29) is 6.61 Å². The van der Waals surface area contributed by atoms with Crippen molar-refractivity contribution in [3.63, 3.8) is 0 Å². The molecule has 3 nitrogen and oxygen atoms in total. The summed E-state index contributed by atoms with van der Waals surface area (Å²) in [5.74, 6) is 1.58. The second-order valence-corrected chi connectivity index (χ2v) is 5.68. The second-order valence-electron chi connectivity index (χ2n) is 4.89. The van der Waals surface area contributed by atoms with Crippen LogP contribution < -0.4 is 9.47 Å². The molecule has 0 aliphatic heterocycles. The molecule has 0 aliphatic rings. The van der Waals surface area contributed by atoms with Gasteiger partial charge in [-0.25, -0.2) is 0 Å². The first kappa shape index (κ1) is 16.4. The number of nitriles is 1. The molecule has 0 amide bonds. The van der Waals surface area contributed by atoms with Gasteiger partial charge >= 0.3 is 0 Å². The number of aryl methyl sites for hydroxylation is 2. The third-order valence-electron chi connectivity index (χ3n) is 3.25. The summed E-state index contributed by atoms with van der Waals surface area (Å²) in [6.07, 6.45) is 0.970. The van der Waals surface area contributed by atoms with Crippen molar-refractivity contribution >= 4 is 15.9 Å². The second kappa shape index (κ2) is 8.45. The molecule has 0 bridgehead atoms. The molecule has 0 fully saturated rings. The molecule has 2 rings (SSSR count). The van der Waals surface area contributed by atoms with E-state index in [1.807, 2.05) is 49.4 Å². The standard InChI is InChI=1S/C18H18BrNO2/c1-14-4-2-6-16(18(14)21-11-10-20)13-22-17-7-3-5-15(12-17)8-9-19/h2-7,12H,8-9,11,13H2,1H3. The molecule has 0 saturated carbocycles. The van der Waals surface area contributed by atoms with Gasteiger partial charge in [0.1, 0.15) is 24.2 Å². The lowest BCUT2D eigenvalue weighted by molar-refractivity contribution is 0.291. The summed E-state index contributed by atoms with van der Waals surface area (Å²) in [5, 5.41) is 9.62. The van der Waals surface area contributed by atoms with E-state index in [2.05, 4.69) is 22.0 Å². The summed E-state index contributed by atoms with van der Waals surface area (Å²) < 4.78 is 11.4. The Labute approximate surface area is 139 Å². The van der Waals surface area contributed by atoms with E-state index in [0.29, 0.717) is 6.61 Å². The minimum absolute atomic E-state index is 0.0403. The number of ether oxygens (including phenoxy) is 2. The minimum Gasteiger partial charge on any atom is -0.489 e. The molecule has 0 radical (unpaired) electrons. The lowest BCUT2D eigenvalue weighted by atomic mass is 10.1. The van der Waals surface area contributed by atoms with Crippen LogP contribution >= 0.6 is 15.9 Å². The van der Waals surface area contributed by atoms with Gasteiger partial charge in [-0.2, -0.15) is 5.26 Å². The zero-order valence-electron chi connectivity index (χ0n) is 12.5. The number of rotatable bonds is 7. The minimum atomic E-state index is 0.0403. The van der Waals surface area contributed by atoms with Crippen LogP contribution in [0, 0.1) is 18.3 Å². The smallest absolute Gasteiger partial charge is 0.174 e. The van der Waals surface area contributed by atoms with Crippen LogP contribution in [0.2, 0.25) is 0 Å². The van der Waals surface area contributed by atoms with Gasteiger partial charge in [0.2, 0.25) is 0 Å². The molecule has 0 heterocycles. The Morgan fingerprint density at radius 2 is 1.95 bits per heavy atom. The first-order valence-corrected chi connectivity index (χ1v) is 8.22. The first-order chi connectivity index (χ1) is 10.7. The highest BCUT2D eigenvalue weighted by Gasteiger charge is 2.08. The zero-order valence-corrected chi connectivity index (χ0v) is 14.1. The molecule has 22 heavy (non-hydrogen) atoms. The third-order valence-corrected chi connectivity index (χ3v) is 3.65. The van der Waals surface area contributed by atoms with Crippen molar-refractivity contribution in [1.29, 1.82) is 5.26 Å². The van der Waals surface area contributed by atoms with Crippen molar-refractivity contribution in [2.75, 3.05) is 11.9 Å². The van der Waals surface area contributed by atoms with Crippen molar-refractivity contribution in [2.24, 2.45) is 0 Å². The van der Waals surface area contributed by atoms with Crippen molar-refractivity contribution in [1.82, 2.24) is 0 Å². The summed E-state index contributed by atoms with van der Waals surface area (Å²) in [6, 6.07) is 16.0. The van der Waals surface area contributed by atoms with Gasteiger partial charge in [0.05, 0.1) is 0 Å². The highest BCUT2D eigenvalue weighted by molar-refractivity contribution is 9.09. The Kier molecular flexibility index (Phi) is 6.29. The van der Waals surface area contributed by atoms with Gasteiger partial charge in [-0.05, 0) is 36.6 Å². The fourth-order valence-corrected chi connectivity index (χ4v) is 2.66. The van der Waals surface area contributed by atoms with Gasteiger partial charge in [-0.15, -0.1) is 0 Å². The summed E-state index contributed by atoms with van der Waals surface area (Å²) in [4.78, 5) is 0. The molecule has 0 spiro atoms. The van der Waals surface area contributed by atoms with Crippen LogP contribution in [0.4, 0.5) is 0 Å². The van der Waals surface area contributed by atoms with E-state index in [9.17, 15) is 0 Å². The maximum Gasteiger partial charge on any atom is 0.174 e. The lowest BCUT2D eigenvalue weighted by Gasteiger charge is -2.13. The third kappa shape index (κ3) is 4.51. The molecular weight excluding hydrogens is 342 g/mol. The summed E-state index contributed by atoms with van der Waals surface area (Å²) in [5.41, 5.74) is 3.19. The fraction of sp³-hybridized carbons (Fsp3) is 0.278. The highest BCUT2D eigenvalue weighted by atomic mass is 79.9. The van der Waals surface area contributed by atoms with Crippen LogP contribution in [-0.4, -0.2) is 11.9 Å². The Hall–Kier alpha value is -1.99. The number of hydrogen-bond acceptors (Lipinski definition) is 3. The molecule has 0 aliphatic carbocycles. The SMILES string of the molecule is Cc1cccc(COc2cccc(CCBr)c2)c1OCC#N. The predicted octanol–water partition coefficient (Wildman–Crippen LogP) is 4.41. The molecule has 0 N–H and O–H groups in total. The van der Waals surface area contributed by atoms with Gasteiger partial charge in [0.25, 0.3) is 0 Å². The summed E-state index contributed by atoms with van der Waals surface area (Å²) in [7, 11) is 0. The Bertz CT molecular complexity index is 664. The summed E-state index contributed by atoms with van der Waals surface area (Å²) in [6.45, 7) is 2.42. The molecule has 0 atom stereocenters. The number of para-hydroxylation sites is 1. The average molecular weight is 360 g/mol. The van der Waals surface area contributed by atoms with Crippen molar-refractivity contribution in [3.8, 4) is 17.6 Å². The highest BCUT2D eigenvalue weighted by Crippen LogP contribution is 2.25. The number of hydrogen-bond donors (Lipinski definition) is 0. The average Bonchev–Trinajstić information content (AvgIpc) is 2.53. The van der Waals surface area contributed by atoms with E-state index >= 15 is 0 Å². The monoisotopic (exact) mass is 359 g/mol. The van der Waals surface area contributed by atoms with Gasteiger partial charge in [-0.1, -0.05) is 46.3 Å². The van der Waals surface area contributed by atoms with Crippen molar-refractivity contribution in [3.05, 3.63) is 59.2 Å². The molecule has 0 aromatic heterocycles. The summed E-state index contributed by atoms with van der Waals surface area (Å²) >= 11 is 3.44. The van der Waals surface area contributed by atoms with Crippen LogP contribution in [0.25, 0.3) is 0 Å². The normalized spacial score (nSPS) is 10.0. The van der Waals surface area contributed by atoms with Gasteiger partial charge in [0.15, 0.2) is 6.61 Å². The first-order valence-electron chi connectivity index (χ1n) is 7.10. The van der Waals surface area contributed by atoms with Crippen LogP contribution in [-0.2, 0) is 13.0 Å². The molecular formula is C18H18BrNO2. The van der Waals surface area contributed by atoms with Gasteiger partial charge < -0.3 is 9.47 Å². The van der Waals surface area contributed by atoms with E-state index in [1.165, 1.54) is 5.56 Å². The predicted molar refractivity (Wildman–Crippen MR) is 90.6 cm³/mol. The number of benzene rings is 2. The molecule has 2 aromatic rings. The lowest BCUT2D eigenvalue weighted by Crippen LogP contribution is -2.03. The largest absolute Gasteiger partial charge is 0.489 e. The van der Waals surface area contributed by atoms with E-state index in [0.717, 1.165) is 34.4 Å². The topological polar surface area (TPSA) is 42.2 Å². The van der Waals surface area contributed by atoms with Crippen LogP contribution in [0.15, 0.2) is 42.5 Å². The number of halogens is 1. The van der Waals surface area contributed by atoms with Gasteiger partial charge in [0, 0.05) is 10.9 Å². The molecule has 0 unspecified atom stereocenters. The zero-order chi connectivity index (χ0) is 15.8. The number of alkyl halides is 1. The van der Waals surface area contributed by atoms with E-state index < -0.39 is 0 Å². The van der Waals surface area contributed by atoms with Crippen LogP contribution in [0.5, 0.6) is 11.5 Å². The van der Waals surface area contributed by atoms with E-state index in [4.69, 9.17) is 14.7 Å². The Morgan fingerprint density at radius 3 is 2.73 bits per heavy atom. The number of nitrogens with zero attached hydrogens (tertiary/aromatic N) is 1. The van der Waals surface area contributed by atoms with Crippen LogP contribution in [0.1, 0.15) is 16.7 Å². The van der Waals surface area contributed by atoms with Crippen LogP contribution in [0.3, 0.4) is 0 Å².